The van der Waals surface area contributed by atoms with Gasteiger partial charge in [0, 0.05) is 16.5 Å². The van der Waals surface area contributed by atoms with Gasteiger partial charge < -0.3 is 15.2 Å². The normalized spacial score (nSPS) is 10.8. The number of carbonyl (C=O) groups excluding carboxylic acids is 1. The number of hydrogen-bond donors (Lipinski definition) is 1. The number of nitrogens with one attached hydrogen (secondary N) is 1. The molecule has 0 saturated heterocycles. The number of carboxylic acid groups (broad SMARTS) is 1. The quantitative estimate of drug-likeness (QED) is 0.588. The van der Waals surface area contributed by atoms with Gasteiger partial charge in [-0.25, -0.2) is 4.98 Å². The highest BCUT2D eigenvalue weighted by Gasteiger charge is 2.09. The summed E-state index contributed by atoms with van der Waals surface area (Å²) in [6.07, 6.45) is 0. The highest BCUT2D eigenvalue weighted by atomic mass is 16.4. The molecule has 0 fully saturated rings. The minimum Gasteiger partial charge on any atom is -0.545 e. The van der Waals surface area contributed by atoms with Crippen LogP contribution in [0.3, 0.4) is 0 Å². The van der Waals surface area contributed by atoms with Crippen molar-refractivity contribution >= 4 is 39.1 Å². The lowest BCUT2D eigenvalue weighted by Crippen LogP contribution is -2.22. The van der Waals surface area contributed by atoms with Crippen LogP contribution in [0.5, 0.6) is 0 Å². The highest BCUT2D eigenvalue weighted by Crippen LogP contribution is 2.33. The summed E-state index contributed by atoms with van der Waals surface area (Å²) in [5.41, 5.74) is 3.51. The number of pyridine rings is 1. The number of carbonyl (C=O) groups is 1. The van der Waals surface area contributed by atoms with Crippen molar-refractivity contribution < 1.29 is 9.90 Å². The first kappa shape index (κ1) is 14.2. The number of nitrogens with zero attached hydrogens (tertiary/aromatic N) is 1. The fourth-order valence-electron chi connectivity index (χ4n) is 2.84. The molecule has 0 aliphatic heterocycles. The molecule has 116 valence electrons. The Hall–Kier alpha value is -3.40. The van der Waals surface area contributed by atoms with Crippen LogP contribution >= 0.6 is 0 Å². The maximum absolute atomic E-state index is 11.1. The van der Waals surface area contributed by atoms with E-state index in [1.54, 1.807) is 12.1 Å². The van der Waals surface area contributed by atoms with Crippen molar-refractivity contribution in [2.75, 3.05) is 5.32 Å². The van der Waals surface area contributed by atoms with Gasteiger partial charge in [-0.2, -0.15) is 0 Å². The summed E-state index contributed by atoms with van der Waals surface area (Å²) in [7, 11) is 0. The summed E-state index contributed by atoms with van der Waals surface area (Å²) in [4.78, 5) is 15.8. The molecule has 0 bridgehead atoms. The molecule has 1 heterocycles. The molecular formula is C20H13N2O2-. The lowest BCUT2D eigenvalue weighted by molar-refractivity contribution is -0.255. The smallest absolute Gasteiger partial charge is 0.0730 e. The summed E-state index contributed by atoms with van der Waals surface area (Å²) in [5, 5.41) is 16.4. The van der Waals surface area contributed by atoms with E-state index in [2.05, 4.69) is 10.3 Å². The minimum atomic E-state index is -1.19. The molecule has 4 aromatic rings. The molecular weight excluding hydrogens is 300 g/mol. The fraction of sp³-hybridized carbons (Fsp3) is 0. The van der Waals surface area contributed by atoms with E-state index >= 15 is 0 Å². The maximum atomic E-state index is 11.1. The summed E-state index contributed by atoms with van der Waals surface area (Å²) in [6.45, 7) is 0. The van der Waals surface area contributed by atoms with Gasteiger partial charge in [-0.1, -0.05) is 48.5 Å². The van der Waals surface area contributed by atoms with Crippen LogP contribution in [0.15, 0.2) is 72.8 Å². The van der Waals surface area contributed by atoms with Gasteiger partial charge in [-0.05, 0) is 29.8 Å². The van der Waals surface area contributed by atoms with Crippen molar-refractivity contribution in [3.8, 4) is 0 Å². The van der Waals surface area contributed by atoms with Gasteiger partial charge in [0.25, 0.3) is 0 Å². The molecule has 1 aromatic heterocycles. The van der Waals surface area contributed by atoms with Gasteiger partial charge >= 0.3 is 0 Å². The van der Waals surface area contributed by atoms with E-state index in [0.717, 1.165) is 27.5 Å². The van der Waals surface area contributed by atoms with Crippen LogP contribution < -0.4 is 10.4 Å². The van der Waals surface area contributed by atoms with Gasteiger partial charge in [0.05, 0.1) is 22.7 Å². The van der Waals surface area contributed by atoms with Crippen LogP contribution in [0.1, 0.15) is 10.4 Å². The first-order chi connectivity index (χ1) is 11.7. The topological polar surface area (TPSA) is 65.0 Å². The van der Waals surface area contributed by atoms with Crippen molar-refractivity contribution in [1.82, 2.24) is 4.98 Å². The molecule has 1 N–H and O–H groups in total. The number of aromatic nitrogens is 1. The average Bonchev–Trinajstić information content (AvgIpc) is 2.62. The van der Waals surface area contributed by atoms with Gasteiger partial charge in [-0.15, -0.1) is 0 Å². The predicted octanol–water partition coefficient (Wildman–Crippen LogP) is 3.50. The Balaban J connectivity index is 1.94. The zero-order valence-electron chi connectivity index (χ0n) is 12.7. The molecule has 0 radical (unpaired) electrons. The van der Waals surface area contributed by atoms with E-state index < -0.39 is 5.97 Å². The molecule has 0 unspecified atom stereocenters. The largest absolute Gasteiger partial charge is 0.545 e. The number of hydrogen-bond acceptors (Lipinski definition) is 4. The summed E-state index contributed by atoms with van der Waals surface area (Å²) < 4.78 is 0. The van der Waals surface area contributed by atoms with Gasteiger partial charge in [0.2, 0.25) is 0 Å². The Labute approximate surface area is 138 Å². The maximum Gasteiger partial charge on any atom is 0.0730 e. The molecule has 24 heavy (non-hydrogen) atoms. The second kappa shape index (κ2) is 5.66. The monoisotopic (exact) mass is 313 g/mol. The Bertz CT molecular complexity index is 1020. The Kier molecular flexibility index (Phi) is 3.35. The van der Waals surface area contributed by atoms with E-state index in [1.165, 1.54) is 6.07 Å². The van der Waals surface area contributed by atoms with Gasteiger partial charge in [-0.3, -0.25) is 0 Å². The molecule has 4 rings (SSSR count). The molecule has 0 aliphatic carbocycles. The molecule has 0 atom stereocenters. The van der Waals surface area contributed by atoms with E-state index in [4.69, 9.17) is 0 Å². The zero-order valence-corrected chi connectivity index (χ0v) is 12.7. The minimum absolute atomic E-state index is 0.141. The SMILES string of the molecule is O=C([O-])c1cccc(Nc2c3ccccc3nc3ccccc23)c1. The second-order valence-corrected chi connectivity index (χ2v) is 5.51. The third-order valence-corrected chi connectivity index (χ3v) is 3.96. The Morgan fingerprint density at radius 3 is 2.08 bits per heavy atom. The Morgan fingerprint density at radius 1 is 0.833 bits per heavy atom. The van der Waals surface area contributed by atoms with E-state index in [0.29, 0.717) is 5.69 Å². The highest BCUT2D eigenvalue weighted by molar-refractivity contribution is 6.08. The van der Waals surface area contributed by atoms with Crippen molar-refractivity contribution in [2.24, 2.45) is 0 Å². The predicted molar refractivity (Wildman–Crippen MR) is 93.3 cm³/mol. The number of benzene rings is 3. The lowest BCUT2D eigenvalue weighted by atomic mass is 10.1. The van der Waals surface area contributed by atoms with Crippen LogP contribution in [-0.4, -0.2) is 11.0 Å². The van der Waals surface area contributed by atoms with Gasteiger partial charge in [0.15, 0.2) is 0 Å². The molecule has 4 nitrogen and oxygen atoms in total. The van der Waals surface area contributed by atoms with Crippen LogP contribution in [0, 0.1) is 0 Å². The van der Waals surface area contributed by atoms with Crippen molar-refractivity contribution in [3.05, 3.63) is 78.4 Å². The summed E-state index contributed by atoms with van der Waals surface area (Å²) in [5.74, 6) is -1.19. The first-order valence-electron chi connectivity index (χ1n) is 7.58. The van der Waals surface area contributed by atoms with Crippen molar-refractivity contribution in [3.63, 3.8) is 0 Å². The second-order valence-electron chi connectivity index (χ2n) is 5.51. The van der Waals surface area contributed by atoms with Crippen LogP contribution in [0.2, 0.25) is 0 Å². The third kappa shape index (κ3) is 2.44. The first-order valence-corrected chi connectivity index (χ1v) is 7.58. The molecule has 0 amide bonds. The van der Waals surface area contributed by atoms with Gasteiger partial charge in [0.1, 0.15) is 0 Å². The number of fused-ring (bicyclic) bond motifs is 2. The summed E-state index contributed by atoms with van der Waals surface area (Å²) in [6, 6.07) is 22.4. The van der Waals surface area contributed by atoms with E-state index in [9.17, 15) is 9.90 Å². The van der Waals surface area contributed by atoms with Crippen LogP contribution in [0.25, 0.3) is 21.8 Å². The van der Waals surface area contributed by atoms with E-state index in [-0.39, 0.29) is 5.56 Å². The number of para-hydroxylation sites is 2. The standard InChI is InChI=1S/C20H14N2O2/c23-20(24)13-6-5-7-14(12-13)21-19-15-8-1-3-10-17(15)22-18-11-4-2-9-16(18)19/h1-12H,(H,21,22)(H,23,24)/p-1. The lowest BCUT2D eigenvalue weighted by Gasteiger charge is -2.14. The number of carboxylic acids is 1. The molecule has 0 aliphatic rings. The molecule has 0 saturated carbocycles. The zero-order chi connectivity index (χ0) is 16.5. The molecule has 0 spiro atoms. The van der Waals surface area contributed by atoms with E-state index in [1.807, 2.05) is 54.6 Å². The number of aromatic carboxylic acids is 1. The van der Waals surface area contributed by atoms with Crippen LogP contribution in [0.4, 0.5) is 11.4 Å². The fourth-order valence-corrected chi connectivity index (χ4v) is 2.84. The van der Waals surface area contributed by atoms with Crippen molar-refractivity contribution in [1.29, 1.82) is 0 Å². The third-order valence-electron chi connectivity index (χ3n) is 3.96. The molecule has 3 aromatic carbocycles. The average molecular weight is 313 g/mol. The Morgan fingerprint density at radius 2 is 1.46 bits per heavy atom. The summed E-state index contributed by atoms with van der Waals surface area (Å²) >= 11 is 0. The van der Waals surface area contributed by atoms with Crippen LogP contribution in [-0.2, 0) is 0 Å². The number of rotatable bonds is 3. The number of anilines is 2. The van der Waals surface area contributed by atoms with Crippen molar-refractivity contribution in [2.45, 2.75) is 0 Å². The molecule has 4 heteroatoms.